The van der Waals surface area contributed by atoms with E-state index in [2.05, 4.69) is 6.58 Å². The van der Waals surface area contributed by atoms with Gasteiger partial charge in [-0.25, -0.2) is 0 Å². The van der Waals surface area contributed by atoms with Gasteiger partial charge in [0, 0.05) is 18.2 Å². The summed E-state index contributed by atoms with van der Waals surface area (Å²) < 4.78 is 5.14. The first-order valence-corrected chi connectivity index (χ1v) is 5.44. The van der Waals surface area contributed by atoms with E-state index < -0.39 is 4.92 Å². The molecule has 18 heavy (non-hydrogen) atoms. The van der Waals surface area contributed by atoms with Crippen molar-refractivity contribution in [3.63, 3.8) is 0 Å². The molecule has 0 aliphatic carbocycles. The third kappa shape index (κ3) is 4.84. The van der Waals surface area contributed by atoms with Gasteiger partial charge in [-0.15, -0.1) is 0 Å². The Labute approximate surface area is 106 Å². The molecule has 0 atom stereocenters. The summed E-state index contributed by atoms with van der Waals surface area (Å²) in [6, 6.07) is 4.46. The second-order valence-electron chi connectivity index (χ2n) is 3.20. The van der Waals surface area contributed by atoms with Crippen LogP contribution in [0.1, 0.15) is 19.4 Å². The first-order chi connectivity index (χ1) is 8.47. The molecule has 0 saturated carbocycles. The van der Waals surface area contributed by atoms with Crippen molar-refractivity contribution in [1.29, 1.82) is 0 Å². The first-order valence-electron chi connectivity index (χ1n) is 5.44. The number of nitrogens with zero attached hydrogens (tertiary/aromatic N) is 1. The van der Waals surface area contributed by atoms with E-state index >= 15 is 0 Å². The highest BCUT2D eigenvalue weighted by Gasteiger charge is 2.13. The lowest BCUT2D eigenvalue weighted by atomic mass is 10.1. The van der Waals surface area contributed by atoms with Crippen LogP contribution in [0.4, 0.5) is 11.4 Å². The summed E-state index contributed by atoms with van der Waals surface area (Å²) in [6.07, 6.45) is 0. The number of nitro groups is 1. The van der Waals surface area contributed by atoms with Crippen LogP contribution in [0.5, 0.6) is 0 Å². The van der Waals surface area contributed by atoms with E-state index in [1.54, 1.807) is 13.0 Å². The molecule has 0 unspecified atom stereocenters. The smallest absolute Gasteiger partial charge is 0.292 e. The number of benzene rings is 1. The molecule has 0 aromatic heterocycles. The van der Waals surface area contributed by atoms with Gasteiger partial charge >= 0.3 is 0 Å². The summed E-state index contributed by atoms with van der Waals surface area (Å²) in [4.78, 5) is 10.1. The zero-order valence-corrected chi connectivity index (χ0v) is 10.5. The highest BCUT2D eigenvalue weighted by Crippen LogP contribution is 2.25. The van der Waals surface area contributed by atoms with Gasteiger partial charge in [0.2, 0.25) is 0 Å². The lowest BCUT2D eigenvalue weighted by Crippen LogP contribution is -1.97. The Balaban J connectivity index is 0.000000873. The van der Waals surface area contributed by atoms with Crippen molar-refractivity contribution in [2.45, 2.75) is 13.8 Å². The Morgan fingerprint density at radius 1 is 1.56 bits per heavy atom. The number of ether oxygens (including phenoxy) is 1. The van der Waals surface area contributed by atoms with Gasteiger partial charge in [-0.1, -0.05) is 6.58 Å². The molecule has 0 fully saturated rings. The lowest BCUT2D eigenvalue weighted by molar-refractivity contribution is -0.383. The number of rotatable bonds is 4. The number of aliphatic hydroxyl groups is 1. The van der Waals surface area contributed by atoms with Crippen molar-refractivity contribution >= 4 is 17.1 Å². The molecule has 1 aromatic rings. The van der Waals surface area contributed by atoms with Crippen LogP contribution in [0.15, 0.2) is 24.8 Å². The minimum Gasteiger partial charge on any atom is -0.494 e. The van der Waals surface area contributed by atoms with Gasteiger partial charge in [-0.3, -0.25) is 10.1 Å². The Bertz CT molecular complexity index is 419. The number of nitrogens with two attached hydrogens (primary N) is 1. The van der Waals surface area contributed by atoms with Crippen molar-refractivity contribution in [3.8, 4) is 0 Å². The zero-order chi connectivity index (χ0) is 14.1. The largest absolute Gasteiger partial charge is 0.494 e. The number of aliphatic hydroxyl groups excluding tert-OH is 1. The van der Waals surface area contributed by atoms with Gasteiger partial charge in [0.05, 0.1) is 11.5 Å². The molecule has 1 rings (SSSR count). The molecule has 0 aliphatic rings. The van der Waals surface area contributed by atoms with Crippen LogP contribution < -0.4 is 5.73 Å². The number of anilines is 1. The fourth-order valence-electron chi connectivity index (χ4n) is 1.13. The van der Waals surface area contributed by atoms with Crippen molar-refractivity contribution in [2.75, 3.05) is 18.9 Å². The minimum absolute atomic E-state index is 0.131. The maximum atomic E-state index is 10.6. The zero-order valence-electron chi connectivity index (χ0n) is 10.5. The van der Waals surface area contributed by atoms with Crippen molar-refractivity contribution in [3.05, 3.63) is 40.5 Å². The molecule has 0 spiro atoms. The monoisotopic (exact) mass is 254 g/mol. The van der Waals surface area contributed by atoms with Crippen molar-refractivity contribution < 1.29 is 14.8 Å². The molecule has 6 nitrogen and oxygen atoms in total. The summed E-state index contributed by atoms with van der Waals surface area (Å²) in [5, 5.41) is 18.2. The maximum Gasteiger partial charge on any atom is 0.292 e. The molecular weight excluding hydrogens is 236 g/mol. The summed E-state index contributed by atoms with van der Waals surface area (Å²) >= 11 is 0. The highest BCUT2D eigenvalue weighted by atomic mass is 16.6. The van der Waals surface area contributed by atoms with E-state index in [4.69, 9.17) is 15.6 Å². The first kappa shape index (κ1) is 15.9. The fourth-order valence-corrected chi connectivity index (χ4v) is 1.13. The van der Waals surface area contributed by atoms with E-state index in [1.165, 1.54) is 12.1 Å². The second-order valence-corrected chi connectivity index (χ2v) is 3.20. The van der Waals surface area contributed by atoms with Crippen LogP contribution in [0.25, 0.3) is 5.76 Å². The van der Waals surface area contributed by atoms with Crippen LogP contribution in [0.3, 0.4) is 0 Å². The lowest BCUT2D eigenvalue weighted by Gasteiger charge is -2.07. The Hall–Kier alpha value is -2.08. The summed E-state index contributed by atoms with van der Waals surface area (Å²) in [5.74, 6) is 0.403. The van der Waals surface area contributed by atoms with E-state index in [0.29, 0.717) is 17.9 Å². The van der Waals surface area contributed by atoms with Gasteiger partial charge in [-0.05, 0) is 26.0 Å². The minimum atomic E-state index is -0.530. The van der Waals surface area contributed by atoms with Gasteiger partial charge in [0.15, 0.2) is 0 Å². The molecule has 0 heterocycles. The molecule has 100 valence electrons. The molecule has 0 bridgehead atoms. The predicted molar refractivity (Wildman–Crippen MR) is 70.9 cm³/mol. The number of nitrogen functional groups attached to an aromatic ring is 1. The number of hydrogen-bond acceptors (Lipinski definition) is 5. The van der Waals surface area contributed by atoms with Crippen LogP contribution in [0.2, 0.25) is 0 Å². The highest BCUT2D eigenvalue weighted by molar-refractivity contribution is 5.67. The van der Waals surface area contributed by atoms with Gasteiger partial charge in [0.1, 0.15) is 11.4 Å². The maximum absolute atomic E-state index is 10.6. The van der Waals surface area contributed by atoms with Crippen LogP contribution in [-0.2, 0) is 4.74 Å². The standard InChI is InChI=1S/C10H12N2O3.C2H6O/c1-3-15-7(2)8-4-5-9(11)10(6-8)12(13)14;1-2-3/h4-6H,2-3,11H2,1H3;3H,2H2,1H3. The van der Waals surface area contributed by atoms with E-state index in [1.807, 2.05) is 6.92 Å². The van der Waals surface area contributed by atoms with Gasteiger partial charge < -0.3 is 15.6 Å². The number of nitro benzene ring substituents is 1. The molecule has 0 saturated heterocycles. The summed E-state index contributed by atoms with van der Waals surface area (Å²) in [5.41, 5.74) is 6.02. The van der Waals surface area contributed by atoms with E-state index in [9.17, 15) is 10.1 Å². The third-order valence-corrected chi connectivity index (χ3v) is 1.87. The fraction of sp³-hybridized carbons (Fsp3) is 0.333. The number of hydrogen-bond donors (Lipinski definition) is 2. The van der Waals surface area contributed by atoms with Crippen LogP contribution in [0, 0.1) is 10.1 Å². The van der Waals surface area contributed by atoms with Crippen molar-refractivity contribution in [2.24, 2.45) is 0 Å². The van der Waals surface area contributed by atoms with Gasteiger partial charge in [-0.2, -0.15) is 0 Å². The average molecular weight is 254 g/mol. The molecule has 0 radical (unpaired) electrons. The van der Waals surface area contributed by atoms with Gasteiger partial charge in [0.25, 0.3) is 5.69 Å². The third-order valence-electron chi connectivity index (χ3n) is 1.87. The van der Waals surface area contributed by atoms with Crippen LogP contribution in [-0.4, -0.2) is 23.2 Å². The molecule has 0 amide bonds. The molecular formula is C12H18N2O4. The average Bonchev–Trinajstić information content (AvgIpc) is 2.30. The Kier molecular flexibility index (Phi) is 7.14. The Morgan fingerprint density at radius 2 is 2.11 bits per heavy atom. The van der Waals surface area contributed by atoms with E-state index in [0.717, 1.165) is 0 Å². The molecule has 1 aromatic carbocycles. The predicted octanol–water partition coefficient (Wildman–Crippen LogP) is 2.18. The second kappa shape index (κ2) is 8.08. The molecule has 6 heteroatoms. The normalized spacial score (nSPS) is 9.06. The summed E-state index contributed by atoms with van der Waals surface area (Å²) in [6.45, 7) is 7.88. The van der Waals surface area contributed by atoms with Crippen molar-refractivity contribution in [1.82, 2.24) is 0 Å². The van der Waals surface area contributed by atoms with E-state index in [-0.39, 0.29) is 18.0 Å². The molecule has 3 N–H and O–H groups in total. The van der Waals surface area contributed by atoms with Crippen LogP contribution >= 0.6 is 0 Å². The topological polar surface area (TPSA) is 98.6 Å². The molecule has 0 aliphatic heterocycles. The quantitative estimate of drug-likeness (QED) is 0.371. The summed E-state index contributed by atoms with van der Waals surface area (Å²) in [7, 11) is 0. The Morgan fingerprint density at radius 3 is 2.56 bits per heavy atom. The SMILES string of the molecule is C=C(OCC)c1ccc(N)c([N+](=O)[O-])c1.CCO.